The molecule has 38 heavy (non-hydrogen) atoms. The van der Waals surface area contributed by atoms with Gasteiger partial charge in [0.1, 0.15) is 6.04 Å². The molecule has 0 radical (unpaired) electrons. The Kier molecular flexibility index (Phi) is 8.14. The molecule has 0 aliphatic carbocycles. The van der Waals surface area contributed by atoms with Gasteiger partial charge in [-0.3, -0.25) is 24.0 Å². The van der Waals surface area contributed by atoms with Gasteiger partial charge in [-0.2, -0.15) is 13.2 Å². The van der Waals surface area contributed by atoms with Crippen LogP contribution in [0.4, 0.5) is 18.9 Å². The predicted octanol–water partition coefficient (Wildman–Crippen LogP) is 2.17. The van der Waals surface area contributed by atoms with E-state index in [1.165, 1.54) is 25.7 Å². The Morgan fingerprint density at radius 2 is 1.58 bits per heavy atom. The Morgan fingerprint density at radius 1 is 0.974 bits per heavy atom. The molecule has 0 saturated carbocycles. The molecule has 1 aromatic carbocycles. The van der Waals surface area contributed by atoms with Crippen LogP contribution in [0.5, 0.6) is 0 Å². The molecule has 3 N–H and O–H groups in total. The molecule has 3 saturated heterocycles. The molecule has 13 heteroatoms. The number of piperidine rings is 3. The van der Waals surface area contributed by atoms with Crippen molar-refractivity contribution in [2.75, 3.05) is 31.1 Å². The highest BCUT2D eigenvalue weighted by atomic mass is 19.4. The number of aliphatic carboxylic acids is 1. The number of imide groups is 1. The summed E-state index contributed by atoms with van der Waals surface area (Å²) in [5.74, 6) is -1.75. The lowest BCUT2D eigenvalue weighted by Gasteiger charge is -2.38. The second-order valence-corrected chi connectivity index (χ2v) is 10.1. The number of imidazole rings is 1. The first-order chi connectivity index (χ1) is 18.0. The zero-order valence-electron chi connectivity index (χ0n) is 21.1. The van der Waals surface area contributed by atoms with E-state index in [1.54, 1.807) is 16.2 Å². The van der Waals surface area contributed by atoms with Crippen molar-refractivity contribution in [1.82, 2.24) is 19.8 Å². The van der Waals surface area contributed by atoms with Crippen LogP contribution in [-0.4, -0.2) is 64.4 Å². The van der Waals surface area contributed by atoms with Crippen molar-refractivity contribution < 1.29 is 32.7 Å². The van der Waals surface area contributed by atoms with E-state index in [9.17, 15) is 27.6 Å². The second kappa shape index (κ2) is 11.2. The molecule has 3 aliphatic heterocycles. The minimum Gasteiger partial charge on any atom is -0.475 e. The van der Waals surface area contributed by atoms with Gasteiger partial charge >= 0.3 is 17.8 Å². The van der Waals surface area contributed by atoms with Gasteiger partial charge in [0.25, 0.3) is 0 Å². The van der Waals surface area contributed by atoms with Gasteiger partial charge in [-0.05, 0) is 75.2 Å². The van der Waals surface area contributed by atoms with E-state index in [1.807, 2.05) is 6.07 Å². The fourth-order valence-electron chi connectivity index (χ4n) is 5.72. The van der Waals surface area contributed by atoms with Crippen LogP contribution in [0.1, 0.15) is 44.6 Å². The number of halogens is 3. The monoisotopic (exact) mass is 539 g/mol. The second-order valence-electron chi connectivity index (χ2n) is 10.1. The van der Waals surface area contributed by atoms with Crippen LogP contribution in [0.25, 0.3) is 11.0 Å². The largest absolute Gasteiger partial charge is 0.490 e. The molecule has 3 fully saturated rings. The number of hydrogen-bond donors (Lipinski definition) is 3. The molecule has 4 heterocycles. The number of fused-ring (bicyclic) bond motifs is 1. The molecule has 3 aliphatic rings. The number of anilines is 1. The average molecular weight is 540 g/mol. The number of carbonyl (C=O) groups is 3. The molecule has 1 aromatic heterocycles. The molecule has 1 atom stereocenters. The van der Waals surface area contributed by atoms with Crippen LogP contribution in [0, 0.1) is 11.8 Å². The van der Waals surface area contributed by atoms with Crippen molar-refractivity contribution in [1.29, 1.82) is 0 Å². The fraction of sp³-hybridized carbons (Fsp3) is 0.600. The summed E-state index contributed by atoms with van der Waals surface area (Å²) >= 11 is 0. The van der Waals surface area contributed by atoms with Gasteiger partial charge in [0.2, 0.25) is 11.8 Å². The number of nitrogens with zero attached hydrogens (tertiary/aromatic N) is 3. The summed E-state index contributed by atoms with van der Waals surface area (Å²) in [6.45, 7) is 4.39. The average Bonchev–Trinajstić information content (AvgIpc) is 3.14. The van der Waals surface area contributed by atoms with E-state index in [0.29, 0.717) is 6.42 Å². The van der Waals surface area contributed by atoms with Gasteiger partial charge < -0.3 is 15.3 Å². The zero-order valence-corrected chi connectivity index (χ0v) is 21.1. The fourth-order valence-corrected chi connectivity index (χ4v) is 5.72. The smallest absolute Gasteiger partial charge is 0.475 e. The number of alkyl halides is 3. The van der Waals surface area contributed by atoms with E-state index in [2.05, 4.69) is 27.7 Å². The molecule has 10 nitrogen and oxygen atoms in total. The highest BCUT2D eigenvalue weighted by molar-refractivity contribution is 6.00. The van der Waals surface area contributed by atoms with Gasteiger partial charge in [0.15, 0.2) is 0 Å². The Morgan fingerprint density at radius 3 is 2.16 bits per heavy atom. The quantitative estimate of drug-likeness (QED) is 0.511. The minimum absolute atomic E-state index is 0.216. The normalized spacial score (nSPS) is 21.7. The lowest BCUT2D eigenvalue weighted by molar-refractivity contribution is -0.192. The number of nitrogens with one attached hydrogen (secondary N) is 2. The highest BCUT2D eigenvalue weighted by Crippen LogP contribution is 2.33. The molecular weight excluding hydrogens is 507 g/mol. The summed E-state index contributed by atoms with van der Waals surface area (Å²) in [4.78, 5) is 48.2. The summed E-state index contributed by atoms with van der Waals surface area (Å²) in [5.41, 5.74) is 2.49. The molecule has 0 spiro atoms. The van der Waals surface area contributed by atoms with Crippen LogP contribution < -0.4 is 21.2 Å². The Hall–Kier alpha value is -3.35. The standard InChI is InChI=1S/C23H31N5O3.C2HF3O2/c1-26-20-14-17(27-12-8-16(9-13-27)15-6-10-24-11-7-15)2-3-18(20)28(23(26)31)19-4-5-21(29)25-22(19)30;3-2(4,5)1(6)7/h2-3,14-16,19,24H,4-13H2,1H3,(H,25,29,30);(H,6,7). The highest BCUT2D eigenvalue weighted by Gasteiger charge is 2.38. The number of rotatable bonds is 3. The van der Waals surface area contributed by atoms with E-state index in [-0.39, 0.29) is 18.0 Å². The number of carbonyl (C=O) groups excluding carboxylic acids is 2. The van der Waals surface area contributed by atoms with E-state index in [4.69, 9.17) is 9.90 Å². The summed E-state index contributed by atoms with van der Waals surface area (Å²) in [7, 11) is 1.75. The maximum absolute atomic E-state index is 13.0. The maximum Gasteiger partial charge on any atom is 0.490 e. The van der Waals surface area contributed by atoms with Crippen LogP contribution in [0.3, 0.4) is 0 Å². The summed E-state index contributed by atoms with van der Waals surface area (Å²) in [6, 6.07) is 5.45. The molecule has 2 amide bonds. The number of aromatic nitrogens is 2. The topological polar surface area (TPSA) is 126 Å². The zero-order chi connectivity index (χ0) is 27.6. The lowest BCUT2D eigenvalue weighted by atomic mass is 9.79. The van der Waals surface area contributed by atoms with Crippen LogP contribution in [0.15, 0.2) is 23.0 Å². The third-order valence-electron chi connectivity index (χ3n) is 7.79. The van der Waals surface area contributed by atoms with Gasteiger partial charge in [0.05, 0.1) is 11.0 Å². The molecule has 0 bridgehead atoms. The predicted molar refractivity (Wildman–Crippen MR) is 133 cm³/mol. The summed E-state index contributed by atoms with van der Waals surface area (Å²) in [6.07, 6.45) is 0.565. The Labute approximate surface area is 216 Å². The van der Waals surface area contributed by atoms with Gasteiger partial charge in [-0.25, -0.2) is 9.59 Å². The molecule has 1 unspecified atom stereocenters. The van der Waals surface area contributed by atoms with Gasteiger partial charge in [-0.1, -0.05) is 0 Å². The molecule has 208 valence electrons. The first kappa shape index (κ1) is 27.7. The molecule has 2 aromatic rings. The molecule has 5 rings (SSSR count). The van der Waals surface area contributed by atoms with Crippen LogP contribution in [0.2, 0.25) is 0 Å². The Bertz CT molecular complexity index is 1260. The first-order valence-electron chi connectivity index (χ1n) is 12.8. The van der Waals surface area contributed by atoms with Gasteiger partial charge in [-0.15, -0.1) is 0 Å². The molecular formula is C25H32F3N5O5. The maximum atomic E-state index is 13.0. The number of hydrogen-bond acceptors (Lipinski definition) is 6. The minimum atomic E-state index is -5.08. The number of amides is 2. The van der Waals surface area contributed by atoms with Crippen molar-refractivity contribution in [3.05, 3.63) is 28.7 Å². The number of carboxylic acids is 1. The number of carboxylic acid groups (broad SMARTS) is 1. The van der Waals surface area contributed by atoms with E-state index in [0.717, 1.165) is 54.7 Å². The third kappa shape index (κ3) is 5.87. The van der Waals surface area contributed by atoms with Crippen molar-refractivity contribution in [2.24, 2.45) is 18.9 Å². The Balaban J connectivity index is 0.000000426. The summed E-state index contributed by atoms with van der Waals surface area (Å²) < 4.78 is 34.9. The number of benzene rings is 1. The summed E-state index contributed by atoms with van der Waals surface area (Å²) in [5, 5.41) is 13.0. The van der Waals surface area contributed by atoms with Crippen molar-refractivity contribution in [2.45, 2.75) is 50.7 Å². The third-order valence-corrected chi connectivity index (χ3v) is 7.79. The van der Waals surface area contributed by atoms with Crippen molar-refractivity contribution >= 4 is 34.5 Å². The van der Waals surface area contributed by atoms with Crippen molar-refractivity contribution in [3.63, 3.8) is 0 Å². The van der Waals surface area contributed by atoms with E-state index >= 15 is 0 Å². The number of aryl methyl sites for hydroxylation is 1. The first-order valence-corrected chi connectivity index (χ1v) is 12.8. The van der Waals surface area contributed by atoms with Crippen LogP contribution >= 0.6 is 0 Å². The SMILES string of the molecule is Cn1c(=O)n(C2CCC(=O)NC2=O)c2ccc(N3CCC(C4CCNCC4)CC3)cc21.O=C(O)C(F)(F)F. The van der Waals surface area contributed by atoms with Crippen LogP contribution in [-0.2, 0) is 21.4 Å². The van der Waals surface area contributed by atoms with E-state index < -0.39 is 24.1 Å². The van der Waals surface area contributed by atoms with Crippen molar-refractivity contribution in [3.8, 4) is 0 Å². The lowest BCUT2D eigenvalue weighted by Crippen LogP contribution is -2.44. The van der Waals surface area contributed by atoms with Gasteiger partial charge in [0, 0.05) is 32.2 Å².